The SMILES string of the molecule is CC(C)(C)OC(=O)N1Cc2c(NC(=O)c3ccc(F)cc3)nn(C(=O)c3ccccc3)c2C1. The molecule has 0 radical (unpaired) electrons. The molecule has 2 aromatic carbocycles. The number of nitrogens with one attached hydrogen (secondary N) is 1. The first-order chi connectivity index (χ1) is 15.6. The van der Waals surface area contributed by atoms with Gasteiger partial charge in [-0.2, -0.15) is 4.68 Å². The number of ether oxygens (including phenoxy) is 1. The maximum atomic E-state index is 13.2. The van der Waals surface area contributed by atoms with E-state index >= 15 is 0 Å². The van der Waals surface area contributed by atoms with Gasteiger partial charge in [-0.3, -0.25) is 14.5 Å². The van der Waals surface area contributed by atoms with Crippen LogP contribution in [0, 0.1) is 5.82 Å². The van der Waals surface area contributed by atoms with Crippen LogP contribution in [0.3, 0.4) is 0 Å². The van der Waals surface area contributed by atoms with E-state index < -0.39 is 23.4 Å². The third-order valence-corrected chi connectivity index (χ3v) is 4.98. The zero-order valence-electron chi connectivity index (χ0n) is 18.5. The van der Waals surface area contributed by atoms with E-state index in [1.165, 1.54) is 33.8 Å². The lowest BCUT2D eigenvalue weighted by Crippen LogP contribution is -2.34. The van der Waals surface area contributed by atoms with Crippen molar-refractivity contribution < 1.29 is 23.5 Å². The van der Waals surface area contributed by atoms with Gasteiger partial charge in [-0.05, 0) is 57.2 Å². The smallest absolute Gasteiger partial charge is 0.410 e. The number of halogens is 1. The van der Waals surface area contributed by atoms with E-state index in [9.17, 15) is 18.8 Å². The molecular weight excluding hydrogens is 427 g/mol. The monoisotopic (exact) mass is 450 g/mol. The molecule has 170 valence electrons. The second-order valence-corrected chi connectivity index (χ2v) is 8.65. The molecule has 1 aliphatic heterocycles. The summed E-state index contributed by atoms with van der Waals surface area (Å²) in [5, 5.41) is 7.03. The molecule has 2 amide bonds. The number of nitrogens with zero attached hydrogens (tertiary/aromatic N) is 3. The maximum absolute atomic E-state index is 13.2. The van der Waals surface area contributed by atoms with Crippen molar-refractivity contribution in [1.82, 2.24) is 14.7 Å². The van der Waals surface area contributed by atoms with Crippen LogP contribution in [0.15, 0.2) is 54.6 Å². The van der Waals surface area contributed by atoms with E-state index in [-0.39, 0.29) is 30.4 Å². The number of aromatic nitrogens is 2. The van der Waals surface area contributed by atoms with Crippen LogP contribution in [0.5, 0.6) is 0 Å². The van der Waals surface area contributed by atoms with Gasteiger partial charge in [-0.25, -0.2) is 9.18 Å². The largest absolute Gasteiger partial charge is 0.444 e. The predicted octanol–water partition coefficient (Wildman–Crippen LogP) is 4.21. The first-order valence-corrected chi connectivity index (χ1v) is 10.4. The summed E-state index contributed by atoms with van der Waals surface area (Å²) in [4.78, 5) is 39.9. The Morgan fingerprint density at radius 1 is 0.970 bits per heavy atom. The molecule has 0 bridgehead atoms. The van der Waals surface area contributed by atoms with Gasteiger partial charge in [0.25, 0.3) is 11.8 Å². The molecule has 0 saturated heterocycles. The van der Waals surface area contributed by atoms with Crippen LogP contribution >= 0.6 is 0 Å². The highest BCUT2D eigenvalue weighted by Gasteiger charge is 2.35. The molecule has 9 heteroatoms. The van der Waals surface area contributed by atoms with Crippen molar-refractivity contribution in [3.8, 4) is 0 Å². The molecule has 0 unspecified atom stereocenters. The Morgan fingerprint density at radius 2 is 1.64 bits per heavy atom. The highest BCUT2D eigenvalue weighted by molar-refractivity contribution is 6.04. The highest BCUT2D eigenvalue weighted by atomic mass is 19.1. The van der Waals surface area contributed by atoms with Crippen molar-refractivity contribution in [3.05, 3.63) is 82.8 Å². The van der Waals surface area contributed by atoms with Gasteiger partial charge in [0.2, 0.25) is 0 Å². The number of hydrogen-bond acceptors (Lipinski definition) is 5. The molecule has 0 fully saturated rings. The number of amides is 2. The molecule has 0 aliphatic carbocycles. The lowest BCUT2D eigenvalue weighted by atomic mass is 10.2. The molecule has 8 nitrogen and oxygen atoms in total. The second-order valence-electron chi connectivity index (χ2n) is 8.65. The van der Waals surface area contributed by atoms with Crippen molar-refractivity contribution in [1.29, 1.82) is 0 Å². The summed E-state index contributed by atoms with van der Waals surface area (Å²) in [7, 11) is 0. The number of rotatable bonds is 3. The standard InChI is InChI=1S/C24H23FN4O4/c1-24(2,3)33-23(32)28-13-18-19(14-28)29(22(31)16-7-5-4-6-8-16)27-20(18)26-21(30)15-9-11-17(25)12-10-15/h4-12H,13-14H2,1-3H3,(H,26,27,30). The minimum Gasteiger partial charge on any atom is -0.444 e. The van der Waals surface area contributed by atoms with Crippen LogP contribution in [0.2, 0.25) is 0 Å². The minimum absolute atomic E-state index is 0.0994. The Hall–Kier alpha value is -4.01. The normalized spacial score (nSPS) is 12.9. The van der Waals surface area contributed by atoms with Gasteiger partial charge in [-0.15, -0.1) is 5.10 Å². The maximum Gasteiger partial charge on any atom is 0.410 e. The van der Waals surface area contributed by atoms with Gasteiger partial charge in [0, 0.05) is 16.7 Å². The van der Waals surface area contributed by atoms with Crippen molar-refractivity contribution in [3.63, 3.8) is 0 Å². The van der Waals surface area contributed by atoms with Crippen LogP contribution < -0.4 is 5.32 Å². The second kappa shape index (κ2) is 8.50. The molecule has 2 heterocycles. The van der Waals surface area contributed by atoms with Crippen molar-refractivity contribution in [2.45, 2.75) is 39.5 Å². The van der Waals surface area contributed by atoms with Crippen LogP contribution in [-0.4, -0.2) is 38.2 Å². The van der Waals surface area contributed by atoms with Crippen molar-refractivity contribution in [2.24, 2.45) is 0 Å². The van der Waals surface area contributed by atoms with Gasteiger partial charge in [-0.1, -0.05) is 18.2 Å². The van der Waals surface area contributed by atoms with E-state index in [2.05, 4.69) is 10.4 Å². The lowest BCUT2D eigenvalue weighted by molar-refractivity contribution is 0.0238. The molecular formula is C24H23FN4O4. The van der Waals surface area contributed by atoms with Gasteiger partial charge in [0.15, 0.2) is 5.82 Å². The molecule has 1 N–H and O–H groups in total. The summed E-state index contributed by atoms with van der Waals surface area (Å²) in [5.74, 6) is -1.20. The van der Waals surface area contributed by atoms with Crippen molar-refractivity contribution >= 4 is 23.7 Å². The fourth-order valence-corrected chi connectivity index (χ4v) is 3.45. The van der Waals surface area contributed by atoms with Crippen molar-refractivity contribution in [2.75, 3.05) is 5.32 Å². The van der Waals surface area contributed by atoms with E-state index in [0.29, 0.717) is 16.8 Å². The number of fused-ring (bicyclic) bond motifs is 1. The van der Waals surface area contributed by atoms with Crippen LogP contribution in [0.4, 0.5) is 15.0 Å². The summed E-state index contributed by atoms with van der Waals surface area (Å²) >= 11 is 0. The third-order valence-electron chi connectivity index (χ3n) is 4.98. The first kappa shape index (κ1) is 22.2. The Balaban J connectivity index is 1.67. The van der Waals surface area contributed by atoms with Gasteiger partial charge >= 0.3 is 6.09 Å². The molecule has 3 aromatic rings. The molecule has 0 spiro atoms. The summed E-state index contributed by atoms with van der Waals surface area (Å²) in [6.45, 7) is 5.52. The summed E-state index contributed by atoms with van der Waals surface area (Å²) in [5.41, 5.74) is 0.993. The summed E-state index contributed by atoms with van der Waals surface area (Å²) in [6, 6.07) is 13.7. The van der Waals surface area contributed by atoms with Crippen LogP contribution in [0.1, 0.15) is 52.7 Å². The number of hydrogen-bond donors (Lipinski definition) is 1. The Morgan fingerprint density at radius 3 is 2.27 bits per heavy atom. The zero-order valence-corrected chi connectivity index (χ0v) is 18.5. The van der Waals surface area contributed by atoms with Crippen LogP contribution in [-0.2, 0) is 17.8 Å². The predicted molar refractivity (Wildman–Crippen MR) is 118 cm³/mol. The van der Waals surface area contributed by atoms with E-state index in [0.717, 1.165) is 0 Å². The fraction of sp³-hybridized carbons (Fsp3) is 0.250. The number of carbonyl (C=O) groups excluding carboxylic acids is 3. The zero-order chi connectivity index (χ0) is 23.8. The van der Waals surface area contributed by atoms with Gasteiger partial charge in [0.05, 0.1) is 18.8 Å². The first-order valence-electron chi connectivity index (χ1n) is 10.4. The summed E-state index contributed by atoms with van der Waals surface area (Å²) in [6.07, 6.45) is -0.534. The summed E-state index contributed by atoms with van der Waals surface area (Å²) < 4.78 is 19.9. The Kier molecular flexibility index (Phi) is 5.71. The highest BCUT2D eigenvalue weighted by Crippen LogP contribution is 2.31. The van der Waals surface area contributed by atoms with Gasteiger partial charge in [0.1, 0.15) is 11.4 Å². The number of benzene rings is 2. The molecule has 1 aliphatic rings. The average Bonchev–Trinajstić information content (AvgIpc) is 3.34. The van der Waals surface area contributed by atoms with E-state index in [1.54, 1.807) is 51.1 Å². The lowest BCUT2D eigenvalue weighted by Gasteiger charge is -2.24. The molecule has 4 rings (SSSR count). The fourth-order valence-electron chi connectivity index (χ4n) is 3.45. The van der Waals surface area contributed by atoms with Gasteiger partial charge < -0.3 is 10.1 Å². The molecule has 33 heavy (non-hydrogen) atoms. The van der Waals surface area contributed by atoms with E-state index in [4.69, 9.17) is 4.74 Å². The molecule has 0 saturated carbocycles. The molecule has 0 atom stereocenters. The van der Waals surface area contributed by atoms with Crippen LogP contribution in [0.25, 0.3) is 0 Å². The topological polar surface area (TPSA) is 93.5 Å². The average molecular weight is 450 g/mol. The Bertz CT molecular complexity index is 1210. The number of carbonyl (C=O) groups is 3. The molecule has 1 aromatic heterocycles. The Labute approximate surface area is 190 Å². The van der Waals surface area contributed by atoms with E-state index in [1.807, 2.05) is 0 Å². The number of anilines is 1. The quantitative estimate of drug-likeness (QED) is 0.645. The third kappa shape index (κ3) is 4.77. The minimum atomic E-state index is -0.683.